The molecule has 1 aromatic carbocycles. The molecule has 0 saturated carbocycles. The largest absolute Gasteiger partial charge is 0.476 e. The summed E-state index contributed by atoms with van der Waals surface area (Å²) in [5, 5.41) is 8.27. The Bertz CT molecular complexity index is 1060. The minimum absolute atomic E-state index is 0.616. The topological polar surface area (TPSA) is 103 Å². The zero-order chi connectivity index (χ0) is 29.0. The molecule has 2 aromatic heterocycles. The lowest BCUT2D eigenvalue weighted by molar-refractivity contribution is 0.0320. The van der Waals surface area contributed by atoms with Gasteiger partial charge in [-0.1, -0.05) is 53.7 Å². The zero-order valence-corrected chi connectivity index (χ0v) is 25.3. The van der Waals surface area contributed by atoms with Crippen LogP contribution in [0.1, 0.15) is 65.5 Å². The zero-order valence-electron chi connectivity index (χ0n) is 25.3. The van der Waals surface area contributed by atoms with Gasteiger partial charge in [0.05, 0.1) is 13.2 Å². The van der Waals surface area contributed by atoms with Crippen molar-refractivity contribution in [1.29, 1.82) is 5.41 Å². The van der Waals surface area contributed by atoms with Crippen molar-refractivity contribution >= 4 is 28.6 Å². The minimum atomic E-state index is 0.616. The van der Waals surface area contributed by atoms with Crippen LogP contribution in [0.5, 0.6) is 5.88 Å². The number of hydrogen-bond acceptors (Lipinski definition) is 7. The van der Waals surface area contributed by atoms with Crippen LogP contribution in [0.15, 0.2) is 36.5 Å². The van der Waals surface area contributed by atoms with E-state index < -0.39 is 0 Å². The van der Waals surface area contributed by atoms with Crippen LogP contribution in [0.4, 0.5) is 11.5 Å². The molecular formula is C31H52N6O2. The van der Waals surface area contributed by atoms with Crippen molar-refractivity contribution < 1.29 is 9.47 Å². The number of fused-ring (bicyclic) bond motifs is 1. The molecule has 39 heavy (non-hydrogen) atoms. The van der Waals surface area contributed by atoms with Gasteiger partial charge in [-0.05, 0) is 31.4 Å². The molecule has 1 fully saturated rings. The van der Waals surface area contributed by atoms with Crippen molar-refractivity contribution in [3.8, 4) is 5.88 Å². The van der Waals surface area contributed by atoms with Crippen LogP contribution < -0.4 is 15.4 Å². The van der Waals surface area contributed by atoms with E-state index in [1.807, 2.05) is 46.0 Å². The molecule has 0 atom stereocenters. The highest BCUT2D eigenvalue weighted by Crippen LogP contribution is 2.22. The number of benzene rings is 1. The summed E-state index contributed by atoms with van der Waals surface area (Å²) < 4.78 is 11.2. The van der Waals surface area contributed by atoms with Gasteiger partial charge in [0.2, 0.25) is 5.88 Å². The molecule has 4 rings (SSSR count). The van der Waals surface area contributed by atoms with E-state index in [2.05, 4.69) is 52.7 Å². The van der Waals surface area contributed by atoms with Gasteiger partial charge in [-0.15, -0.1) is 0 Å². The lowest BCUT2D eigenvalue weighted by Gasteiger charge is -2.26. The molecule has 0 spiro atoms. The molecule has 0 bridgehead atoms. The standard InChI is InChI=1S/C17H30N4O2.C10H10N2.2C2H6/c1-3-5-21(6-4-2)16-13-15(18)14-17(19-16)23-12-9-20-7-10-22-11-8-20;1-7-2-3-9-8(5-11)6-12-10(9)4-7;2*1-2/h13-14H,3-12H2,1-2H3,(H2,18,19);2-6,11-12H,1H3;2*1-2H3. The van der Waals surface area contributed by atoms with Crippen molar-refractivity contribution in [3.63, 3.8) is 0 Å². The Morgan fingerprint density at radius 1 is 1.08 bits per heavy atom. The molecule has 3 heterocycles. The molecule has 1 aliphatic heterocycles. The van der Waals surface area contributed by atoms with E-state index in [0.29, 0.717) is 18.2 Å². The molecule has 0 unspecified atom stereocenters. The number of nitrogens with zero attached hydrogens (tertiary/aromatic N) is 3. The maximum Gasteiger partial charge on any atom is 0.217 e. The summed E-state index contributed by atoms with van der Waals surface area (Å²) in [7, 11) is 0. The molecule has 0 amide bonds. The van der Waals surface area contributed by atoms with Crippen LogP contribution in [0.25, 0.3) is 10.9 Å². The Hall–Kier alpha value is -3.10. The van der Waals surface area contributed by atoms with Gasteiger partial charge in [-0.25, -0.2) is 0 Å². The molecule has 4 N–H and O–H groups in total. The Morgan fingerprint density at radius 3 is 2.36 bits per heavy atom. The second-order valence-electron chi connectivity index (χ2n) is 8.82. The van der Waals surface area contributed by atoms with E-state index in [0.717, 1.165) is 81.1 Å². The molecule has 8 heteroatoms. The highest BCUT2D eigenvalue weighted by Gasteiger charge is 2.12. The summed E-state index contributed by atoms with van der Waals surface area (Å²) in [4.78, 5) is 12.4. The third kappa shape index (κ3) is 11.7. The number of pyridine rings is 1. The van der Waals surface area contributed by atoms with Gasteiger partial charge in [-0.2, -0.15) is 4.98 Å². The van der Waals surface area contributed by atoms with Crippen LogP contribution in [0.2, 0.25) is 0 Å². The second kappa shape index (κ2) is 19.9. The van der Waals surface area contributed by atoms with Gasteiger partial charge in [0, 0.05) is 79.4 Å². The number of nitrogen functional groups attached to an aromatic ring is 1. The van der Waals surface area contributed by atoms with E-state index in [1.165, 1.54) is 11.8 Å². The Balaban J connectivity index is 0.000000397. The molecule has 218 valence electrons. The Labute approximate surface area is 236 Å². The molecule has 1 aliphatic rings. The van der Waals surface area contributed by atoms with Crippen LogP contribution in [0.3, 0.4) is 0 Å². The minimum Gasteiger partial charge on any atom is -0.476 e. The number of H-pyrrole nitrogens is 1. The summed E-state index contributed by atoms with van der Waals surface area (Å²) in [5.74, 6) is 1.53. The highest BCUT2D eigenvalue weighted by atomic mass is 16.5. The highest BCUT2D eigenvalue weighted by molar-refractivity contribution is 5.98. The number of nitrogens with one attached hydrogen (secondary N) is 2. The summed E-state index contributed by atoms with van der Waals surface area (Å²) in [6.45, 7) is 21.5. The van der Waals surface area contributed by atoms with Crippen molar-refractivity contribution in [3.05, 3.63) is 47.7 Å². The number of aromatic amines is 1. The number of aromatic nitrogens is 2. The molecule has 1 saturated heterocycles. The third-order valence-electron chi connectivity index (χ3n) is 5.91. The molecule has 0 aliphatic carbocycles. The molecule has 8 nitrogen and oxygen atoms in total. The number of ether oxygens (including phenoxy) is 2. The number of aryl methyl sites for hydroxylation is 1. The molecule has 3 aromatic rings. The maximum absolute atomic E-state index is 7.15. The fourth-order valence-corrected chi connectivity index (χ4v) is 4.11. The first-order chi connectivity index (χ1) is 19.0. The van der Waals surface area contributed by atoms with Crippen LogP contribution in [0, 0.1) is 12.3 Å². The van der Waals surface area contributed by atoms with Gasteiger partial charge in [0.1, 0.15) is 12.4 Å². The van der Waals surface area contributed by atoms with Crippen molar-refractivity contribution in [2.45, 2.75) is 61.3 Å². The SMILES string of the molecule is CC.CC.CCCN(CCC)c1cc(N)cc(OCCN2CCOCC2)n1.Cc1ccc2c(C=N)c[nH]c2c1. The average Bonchev–Trinajstić information content (AvgIpc) is 3.38. The van der Waals surface area contributed by atoms with E-state index in [-0.39, 0.29) is 0 Å². The quantitative estimate of drug-likeness (QED) is 0.253. The molecular weight excluding hydrogens is 488 g/mol. The van der Waals surface area contributed by atoms with Crippen molar-refractivity contribution in [2.75, 3.05) is 63.2 Å². The predicted molar refractivity (Wildman–Crippen MR) is 168 cm³/mol. The molecule has 0 radical (unpaired) electrons. The lowest BCUT2D eigenvalue weighted by atomic mass is 10.1. The van der Waals surface area contributed by atoms with Crippen LogP contribution >= 0.6 is 0 Å². The van der Waals surface area contributed by atoms with E-state index >= 15 is 0 Å². The number of nitrogens with two attached hydrogens (primary N) is 1. The predicted octanol–water partition coefficient (Wildman–Crippen LogP) is 6.53. The maximum atomic E-state index is 7.15. The van der Waals surface area contributed by atoms with Crippen LogP contribution in [-0.2, 0) is 4.74 Å². The average molecular weight is 541 g/mol. The number of anilines is 2. The van der Waals surface area contributed by atoms with Gasteiger partial charge < -0.3 is 30.5 Å². The van der Waals surface area contributed by atoms with E-state index in [1.54, 1.807) is 6.07 Å². The third-order valence-corrected chi connectivity index (χ3v) is 5.91. The first-order valence-corrected chi connectivity index (χ1v) is 14.6. The normalized spacial score (nSPS) is 12.7. The Morgan fingerprint density at radius 2 is 1.74 bits per heavy atom. The number of hydrogen-bond donors (Lipinski definition) is 3. The van der Waals surface area contributed by atoms with Gasteiger partial charge in [0.15, 0.2) is 0 Å². The van der Waals surface area contributed by atoms with Gasteiger partial charge in [0.25, 0.3) is 0 Å². The summed E-state index contributed by atoms with van der Waals surface area (Å²) >= 11 is 0. The van der Waals surface area contributed by atoms with E-state index in [9.17, 15) is 0 Å². The summed E-state index contributed by atoms with van der Waals surface area (Å²) in [6.07, 6.45) is 5.40. The second-order valence-corrected chi connectivity index (χ2v) is 8.82. The van der Waals surface area contributed by atoms with Crippen molar-refractivity contribution in [2.24, 2.45) is 0 Å². The van der Waals surface area contributed by atoms with Gasteiger partial charge >= 0.3 is 0 Å². The summed E-state index contributed by atoms with van der Waals surface area (Å²) in [6, 6.07) is 9.92. The van der Waals surface area contributed by atoms with E-state index in [4.69, 9.17) is 20.6 Å². The number of rotatable bonds is 10. The fraction of sp³-hybridized carbons (Fsp3) is 0.548. The first kappa shape index (κ1) is 33.9. The smallest absolute Gasteiger partial charge is 0.217 e. The van der Waals surface area contributed by atoms with Crippen molar-refractivity contribution in [1.82, 2.24) is 14.9 Å². The Kier molecular flexibility index (Phi) is 17.3. The van der Waals surface area contributed by atoms with Crippen LogP contribution in [-0.4, -0.2) is 73.6 Å². The lowest BCUT2D eigenvalue weighted by Crippen LogP contribution is -2.38. The fourth-order valence-electron chi connectivity index (χ4n) is 4.11. The van der Waals surface area contributed by atoms with Gasteiger partial charge in [-0.3, -0.25) is 4.90 Å². The monoisotopic (exact) mass is 540 g/mol. The summed E-state index contributed by atoms with van der Waals surface area (Å²) in [5.41, 5.74) is 10.0. The number of morpholine rings is 1. The first-order valence-electron chi connectivity index (χ1n) is 14.6.